The van der Waals surface area contributed by atoms with E-state index in [1.807, 2.05) is 24.3 Å². The van der Waals surface area contributed by atoms with Crippen LogP contribution in [-0.2, 0) is 9.84 Å². The maximum Gasteiger partial charge on any atom is 0.293 e. The summed E-state index contributed by atoms with van der Waals surface area (Å²) in [6.45, 7) is 4.16. The van der Waals surface area contributed by atoms with Gasteiger partial charge in [-0.3, -0.25) is 10.1 Å². The third kappa shape index (κ3) is 4.07. The van der Waals surface area contributed by atoms with Crippen LogP contribution in [0.4, 0.5) is 17.1 Å². The molecule has 0 atom stereocenters. The number of anilines is 2. The van der Waals surface area contributed by atoms with E-state index in [2.05, 4.69) is 19.2 Å². The van der Waals surface area contributed by atoms with Gasteiger partial charge in [0.25, 0.3) is 5.69 Å². The maximum atomic E-state index is 11.5. The Morgan fingerprint density at radius 1 is 1.09 bits per heavy atom. The highest BCUT2D eigenvalue weighted by molar-refractivity contribution is 7.90. The van der Waals surface area contributed by atoms with Crippen molar-refractivity contribution in [2.45, 2.75) is 24.7 Å². The van der Waals surface area contributed by atoms with E-state index in [1.165, 1.54) is 12.1 Å². The molecule has 0 radical (unpaired) electrons. The van der Waals surface area contributed by atoms with Crippen LogP contribution in [0.25, 0.3) is 0 Å². The minimum atomic E-state index is -3.50. The van der Waals surface area contributed by atoms with Crippen LogP contribution >= 0.6 is 0 Å². The fourth-order valence-corrected chi connectivity index (χ4v) is 2.75. The van der Waals surface area contributed by atoms with Gasteiger partial charge in [0, 0.05) is 18.0 Å². The molecule has 0 unspecified atom stereocenters. The Bertz CT molecular complexity index is 828. The van der Waals surface area contributed by atoms with E-state index in [9.17, 15) is 18.5 Å². The van der Waals surface area contributed by atoms with Crippen molar-refractivity contribution in [2.24, 2.45) is 0 Å². The third-order valence-electron chi connectivity index (χ3n) is 3.45. The van der Waals surface area contributed by atoms with E-state index in [4.69, 9.17) is 0 Å². The summed E-state index contributed by atoms with van der Waals surface area (Å²) in [5.41, 5.74) is 1.84. The number of rotatable bonds is 5. The summed E-state index contributed by atoms with van der Waals surface area (Å²) >= 11 is 0. The van der Waals surface area contributed by atoms with Crippen LogP contribution in [0.1, 0.15) is 25.3 Å². The molecule has 2 aromatic carbocycles. The minimum absolute atomic E-state index is 0.0788. The number of benzene rings is 2. The molecule has 0 aliphatic rings. The third-order valence-corrected chi connectivity index (χ3v) is 4.56. The van der Waals surface area contributed by atoms with E-state index in [-0.39, 0.29) is 16.3 Å². The first-order chi connectivity index (χ1) is 10.7. The standard InChI is InChI=1S/C16H18N2O4S/c1-11(2)12-4-6-13(7-5-12)17-15-9-8-14(23(3,21)22)10-16(15)18(19)20/h4-11,17H,1-3H3. The van der Waals surface area contributed by atoms with Crippen molar-refractivity contribution in [3.05, 3.63) is 58.1 Å². The molecule has 2 aromatic rings. The zero-order valence-electron chi connectivity index (χ0n) is 13.1. The van der Waals surface area contributed by atoms with Gasteiger partial charge in [-0.15, -0.1) is 0 Å². The quantitative estimate of drug-likeness (QED) is 0.662. The number of nitro groups is 1. The Morgan fingerprint density at radius 2 is 1.70 bits per heavy atom. The second-order valence-electron chi connectivity index (χ2n) is 5.61. The van der Waals surface area contributed by atoms with Gasteiger partial charge < -0.3 is 5.32 Å². The molecular weight excluding hydrogens is 316 g/mol. The lowest BCUT2D eigenvalue weighted by Gasteiger charge is -2.10. The summed E-state index contributed by atoms with van der Waals surface area (Å²) < 4.78 is 23.1. The van der Waals surface area contributed by atoms with Crippen molar-refractivity contribution >= 4 is 26.9 Å². The summed E-state index contributed by atoms with van der Waals surface area (Å²) in [6.07, 6.45) is 1.02. The second-order valence-corrected chi connectivity index (χ2v) is 7.63. The average Bonchev–Trinajstić information content (AvgIpc) is 2.46. The van der Waals surface area contributed by atoms with E-state index in [1.54, 1.807) is 0 Å². The van der Waals surface area contributed by atoms with Gasteiger partial charge in [0.15, 0.2) is 9.84 Å². The number of nitrogens with zero attached hydrogens (tertiary/aromatic N) is 1. The SMILES string of the molecule is CC(C)c1ccc(Nc2ccc(S(C)(=O)=O)cc2[N+](=O)[O-])cc1. The molecule has 0 aliphatic carbocycles. The number of nitro benzene ring substituents is 1. The van der Waals surface area contributed by atoms with Gasteiger partial charge in [0.2, 0.25) is 0 Å². The molecule has 0 amide bonds. The molecule has 1 N–H and O–H groups in total. The van der Waals surface area contributed by atoms with E-state index >= 15 is 0 Å². The summed E-state index contributed by atoms with van der Waals surface area (Å²) in [7, 11) is -3.50. The van der Waals surface area contributed by atoms with Crippen LogP contribution in [0.3, 0.4) is 0 Å². The van der Waals surface area contributed by atoms with Crippen LogP contribution in [0.5, 0.6) is 0 Å². The van der Waals surface area contributed by atoms with Gasteiger partial charge in [-0.1, -0.05) is 26.0 Å². The predicted octanol–water partition coefficient (Wildman–Crippen LogP) is 3.87. The minimum Gasteiger partial charge on any atom is -0.350 e. The van der Waals surface area contributed by atoms with E-state index in [0.717, 1.165) is 17.9 Å². The second kappa shape index (κ2) is 6.37. The molecule has 0 bridgehead atoms. The summed E-state index contributed by atoms with van der Waals surface area (Å²) in [5, 5.41) is 14.2. The molecule has 6 nitrogen and oxygen atoms in total. The monoisotopic (exact) mass is 334 g/mol. The lowest BCUT2D eigenvalue weighted by molar-refractivity contribution is -0.384. The molecule has 2 rings (SSSR count). The van der Waals surface area contributed by atoms with Crippen LogP contribution in [-0.4, -0.2) is 19.6 Å². The lowest BCUT2D eigenvalue weighted by Crippen LogP contribution is -2.02. The Balaban J connectivity index is 2.37. The zero-order valence-corrected chi connectivity index (χ0v) is 13.9. The van der Waals surface area contributed by atoms with E-state index < -0.39 is 14.8 Å². The molecule has 0 heterocycles. The van der Waals surface area contributed by atoms with Crippen LogP contribution < -0.4 is 5.32 Å². The molecule has 0 saturated heterocycles. The van der Waals surface area contributed by atoms with Crippen molar-refractivity contribution in [1.82, 2.24) is 0 Å². The molecule has 122 valence electrons. The maximum absolute atomic E-state index is 11.5. The Morgan fingerprint density at radius 3 is 2.17 bits per heavy atom. The van der Waals surface area contributed by atoms with E-state index in [0.29, 0.717) is 11.6 Å². The molecule has 7 heteroatoms. The van der Waals surface area contributed by atoms with Crippen molar-refractivity contribution < 1.29 is 13.3 Å². The highest BCUT2D eigenvalue weighted by Gasteiger charge is 2.18. The van der Waals surface area contributed by atoms with Gasteiger partial charge >= 0.3 is 0 Å². The topological polar surface area (TPSA) is 89.3 Å². The number of hydrogen-bond acceptors (Lipinski definition) is 5. The molecule has 0 aromatic heterocycles. The first-order valence-corrected chi connectivity index (χ1v) is 8.93. The van der Waals surface area contributed by atoms with Crippen molar-refractivity contribution in [3.8, 4) is 0 Å². The van der Waals surface area contributed by atoms with Crippen molar-refractivity contribution in [1.29, 1.82) is 0 Å². The Hall–Kier alpha value is -2.41. The fraction of sp³-hybridized carbons (Fsp3) is 0.250. The largest absolute Gasteiger partial charge is 0.350 e. The normalized spacial score (nSPS) is 11.5. The summed E-state index contributed by atoms with van der Waals surface area (Å²) in [5.74, 6) is 0.396. The molecular formula is C16H18N2O4S. The Kier molecular flexibility index (Phi) is 4.70. The number of nitrogens with one attached hydrogen (secondary N) is 1. The van der Waals surface area contributed by atoms with Gasteiger partial charge in [-0.2, -0.15) is 0 Å². The molecule has 0 spiro atoms. The fourth-order valence-electron chi connectivity index (χ4n) is 2.11. The molecule has 0 saturated carbocycles. The molecule has 23 heavy (non-hydrogen) atoms. The Labute approximate surface area is 135 Å². The average molecular weight is 334 g/mol. The van der Waals surface area contributed by atoms with Gasteiger partial charge in [-0.05, 0) is 35.7 Å². The van der Waals surface area contributed by atoms with Crippen LogP contribution in [0.2, 0.25) is 0 Å². The lowest BCUT2D eigenvalue weighted by atomic mass is 10.0. The number of hydrogen-bond donors (Lipinski definition) is 1. The van der Waals surface area contributed by atoms with Crippen molar-refractivity contribution in [3.63, 3.8) is 0 Å². The number of sulfone groups is 1. The van der Waals surface area contributed by atoms with Gasteiger partial charge in [-0.25, -0.2) is 8.42 Å². The summed E-state index contributed by atoms with van der Waals surface area (Å²) in [4.78, 5) is 10.5. The highest BCUT2D eigenvalue weighted by atomic mass is 32.2. The predicted molar refractivity (Wildman–Crippen MR) is 90.0 cm³/mol. The zero-order chi connectivity index (χ0) is 17.2. The first-order valence-electron chi connectivity index (χ1n) is 7.04. The first kappa shape index (κ1) is 17.0. The van der Waals surface area contributed by atoms with Crippen LogP contribution in [0, 0.1) is 10.1 Å². The van der Waals surface area contributed by atoms with Crippen molar-refractivity contribution in [2.75, 3.05) is 11.6 Å². The van der Waals surface area contributed by atoms with Gasteiger partial charge in [0.1, 0.15) is 5.69 Å². The van der Waals surface area contributed by atoms with Gasteiger partial charge in [0.05, 0.1) is 9.82 Å². The highest BCUT2D eigenvalue weighted by Crippen LogP contribution is 2.30. The van der Waals surface area contributed by atoms with Crippen LogP contribution in [0.15, 0.2) is 47.4 Å². The molecule has 0 fully saturated rings. The summed E-state index contributed by atoms with van der Waals surface area (Å²) in [6, 6.07) is 11.4. The smallest absolute Gasteiger partial charge is 0.293 e. The molecule has 0 aliphatic heterocycles.